The van der Waals surface area contributed by atoms with Crippen LogP contribution in [-0.4, -0.2) is 26.3 Å². The van der Waals surface area contributed by atoms with Crippen molar-refractivity contribution >= 4 is 0 Å². The van der Waals surface area contributed by atoms with E-state index >= 15 is 0 Å². The molecule has 0 bridgehead atoms. The molecule has 1 saturated carbocycles. The topological polar surface area (TPSA) is 21.3 Å². The largest absolute Gasteiger partial charge is 0.381 e. The Bertz CT molecular complexity index is 138. The highest BCUT2D eigenvalue weighted by Gasteiger charge is 2.18. The van der Waals surface area contributed by atoms with E-state index in [-0.39, 0.29) is 0 Å². The molecule has 0 heterocycles. The molecule has 1 aliphatic carbocycles. The van der Waals surface area contributed by atoms with Gasteiger partial charge in [-0.15, -0.1) is 0 Å². The van der Waals surface area contributed by atoms with E-state index in [1.807, 2.05) is 0 Å². The van der Waals surface area contributed by atoms with Crippen LogP contribution in [0.1, 0.15) is 45.4 Å². The van der Waals surface area contributed by atoms with E-state index in [9.17, 15) is 0 Å². The van der Waals surface area contributed by atoms with Crippen molar-refractivity contribution in [3.8, 4) is 0 Å². The molecule has 0 amide bonds. The molecule has 2 atom stereocenters. The Hall–Kier alpha value is -0.0800. The molecule has 1 fully saturated rings. The van der Waals surface area contributed by atoms with Gasteiger partial charge < -0.3 is 10.1 Å². The minimum absolute atomic E-state index is 0.729. The molecule has 2 nitrogen and oxygen atoms in total. The Morgan fingerprint density at radius 1 is 1.29 bits per heavy atom. The average Bonchev–Trinajstić information content (AvgIpc) is 2.43. The van der Waals surface area contributed by atoms with E-state index in [4.69, 9.17) is 4.74 Å². The van der Waals surface area contributed by atoms with Crippen molar-refractivity contribution in [3.05, 3.63) is 0 Å². The van der Waals surface area contributed by atoms with E-state index in [1.54, 1.807) is 0 Å². The molecule has 2 unspecified atom stereocenters. The lowest BCUT2D eigenvalue weighted by molar-refractivity contribution is 0.0918. The fraction of sp³-hybridized carbons (Fsp3) is 1.00. The third kappa shape index (κ3) is 4.43. The summed E-state index contributed by atoms with van der Waals surface area (Å²) in [6.45, 7) is 4.08. The molecular formula is C12H25NO. The van der Waals surface area contributed by atoms with Gasteiger partial charge in [0.2, 0.25) is 0 Å². The minimum atomic E-state index is 0.729. The SMILES string of the molecule is CCCOCC1CCCCC(NC)C1. The highest BCUT2D eigenvalue weighted by atomic mass is 16.5. The molecule has 0 spiro atoms. The van der Waals surface area contributed by atoms with Gasteiger partial charge in [-0.3, -0.25) is 0 Å². The lowest BCUT2D eigenvalue weighted by Crippen LogP contribution is -2.27. The van der Waals surface area contributed by atoms with Crippen LogP contribution >= 0.6 is 0 Å². The Labute approximate surface area is 88.4 Å². The van der Waals surface area contributed by atoms with Gasteiger partial charge in [0.05, 0.1) is 0 Å². The molecule has 0 saturated heterocycles. The van der Waals surface area contributed by atoms with Gasteiger partial charge in [0.25, 0.3) is 0 Å². The van der Waals surface area contributed by atoms with Gasteiger partial charge in [-0.2, -0.15) is 0 Å². The van der Waals surface area contributed by atoms with Crippen LogP contribution in [0.15, 0.2) is 0 Å². The van der Waals surface area contributed by atoms with Crippen LogP contribution in [0.4, 0.5) is 0 Å². The van der Waals surface area contributed by atoms with E-state index in [2.05, 4.69) is 19.3 Å². The summed E-state index contributed by atoms with van der Waals surface area (Å²) in [4.78, 5) is 0. The van der Waals surface area contributed by atoms with Crippen LogP contribution in [0, 0.1) is 5.92 Å². The molecule has 0 aliphatic heterocycles. The fourth-order valence-electron chi connectivity index (χ4n) is 2.27. The van der Waals surface area contributed by atoms with Crippen LogP contribution in [0.25, 0.3) is 0 Å². The zero-order chi connectivity index (χ0) is 10.2. The first-order valence-electron chi connectivity index (χ1n) is 6.11. The Balaban J connectivity index is 2.20. The van der Waals surface area contributed by atoms with Crippen LogP contribution in [-0.2, 0) is 4.74 Å². The van der Waals surface area contributed by atoms with Gasteiger partial charge in [0.1, 0.15) is 0 Å². The average molecular weight is 199 g/mol. The van der Waals surface area contributed by atoms with Gasteiger partial charge in [-0.05, 0) is 38.6 Å². The van der Waals surface area contributed by atoms with Gasteiger partial charge >= 0.3 is 0 Å². The van der Waals surface area contributed by atoms with Gasteiger partial charge in [0.15, 0.2) is 0 Å². The van der Waals surface area contributed by atoms with Crippen LogP contribution < -0.4 is 5.32 Å². The Morgan fingerprint density at radius 3 is 2.79 bits per heavy atom. The van der Waals surface area contributed by atoms with Crippen molar-refractivity contribution in [3.63, 3.8) is 0 Å². The highest BCUT2D eigenvalue weighted by Crippen LogP contribution is 2.23. The predicted octanol–water partition coefficient (Wildman–Crippen LogP) is 2.58. The molecule has 1 aliphatic rings. The van der Waals surface area contributed by atoms with Crippen molar-refractivity contribution < 1.29 is 4.74 Å². The molecule has 1 rings (SSSR count). The maximum atomic E-state index is 5.64. The molecule has 2 heteroatoms. The maximum absolute atomic E-state index is 5.64. The molecule has 14 heavy (non-hydrogen) atoms. The summed E-state index contributed by atoms with van der Waals surface area (Å²) in [5, 5.41) is 3.41. The Kier molecular flexibility index (Phi) is 6.20. The fourth-order valence-corrected chi connectivity index (χ4v) is 2.27. The van der Waals surface area contributed by atoms with Gasteiger partial charge in [-0.1, -0.05) is 19.8 Å². The van der Waals surface area contributed by atoms with E-state index in [0.29, 0.717) is 0 Å². The summed E-state index contributed by atoms with van der Waals surface area (Å²) in [6.07, 6.45) is 7.93. The molecule has 0 aromatic heterocycles. The second-order valence-electron chi connectivity index (χ2n) is 4.45. The zero-order valence-electron chi connectivity index (χ0n) is 9.72. The predicted molar refractivity (Wildman–Crippen MR) is 60.5 cm³/mol. The van der Waals surface area contributed by atoms with Crippen LogP contribution in [0.2, 0.25) is 0 Å². The van der Waals surface area contributed by atoms with Gasteiger partial charge in [-0.25, -0.2) is 0 Å². The number of hydrogen-bond donors (Lipinski definition) is 1. The normalized spacial score (nSPS) is 28.7. The third-order valence-electron chi connectivity index (χ3n) is 3.14. The summed E-state index contributed by atoms with van der Waals surface area (Å²) in [6, 6.07) is 0.729. The van der Waals surface area contributed by atoms with E-state index in [0.717, 1.165) is 31.6 Å². The second-order valence-corrected chi connectivity index (χ2v) is 4.45. The zero-order valence-corrected chi connectivity index (χ0v) is 9.72. The first-order valence-corrected chi connectivity index (χ1v) is 6.11. The standard InChI is InChI=1S/C12H25NO/c1-3-8-14-10-11-6-4-5-7-12(9-11)13-2/h11-13H,3-10H2,1-2H3. The first-order chi connectivity index (χ1) is 6.86. The summed E-state index contributed by atoms with van der Waals surface area (Å²) >= 11 is 0. The minimum Gasteiger partial charge on any atom is -0.381 e. The van der Waals surface area contributed by atoms with Crippen molar-refractivity contribution in [1.82, 2.24) is 5.32 Å². The smallest absolute Gasteiger partial charge is 0.0494 e. The van der Waals surface area contributed by atoms with Crippen molar-refractivity contribution in [2.24, 2.45) is 5.92 Å². The summed E-state index contributed by atoms with van der Waals surface area (Å²) in [7, 11) is 2.08. The van der Waals surface area contributed by atoms with Crippen molar-refractivity contribution in [2.75, 3.05) is 20.3 Å². The van der Waals surface area contributed by atoms with Crippen molar-refractivity contribution in [1.29, 1.82) is 0 Å². The van der Waals surface area contributed by atoms with E-state index in [1.165, 1.54) is 32.1 Å². The highest BCUT2D eigenvalue weighted by molar-refractivity contribution is 4.74. The van der Waals surface area contributed by atoms with E-state index < -0.39 is 0 Å². The van der Waals surface area contributed by atoms with Gasteiger partial charge in [0, 0.05) is 19.3 Å². The van der Waals surface area contributed by atoms with Crippen LogP contribution in [0.3, 0.4) is 0 Å². The van der Waals surface area contributed by atoms with Crippen molar-refractivity contribution in [2.45, 2.75) is 51.5 Å². The summed E-state index contributed by atoms with van der Waals surface area (Å²) in [5.41, 5.74) is 0. The quantitative estimate of drug-likeness (QED) is 0.543. The number of hydrogen-bond acceptors (Lipinski definition) is 2. The summed E-state index contributed by atoms with van der Waals surface area (Å²) in [5.74, 6) is 0.793. The molecule has 1 N–H and O–H groups in total. The lowest BCUT2D eigenvalue weighted by Gasteiger charge is -2.19. The molecule has 84 valence electrons. The molecule has 0 radical (unpaired) electrons. The number of ether oxygens (including phenoxy) is 1. The number of rotatable bonds is 5. The first kappa shape index (κ1) is 12.0. The summed E-state index contributed by atoms with van der Waals surface area (Å²) < 4.78 is 5.64. The maximum Gasteiger partial charge on any atom is 0.0494 e. The van der Waals surface area contributed by atoms with Crippen LogP contribution in [0.5, 0.6) is 0 Å². The second kappa shape index (κ2) is 7.24. The molecule has 0 aromatic carbocycles. The number of nitrogens with one attached hydrogen (secondary N) is 1. The molecule has 0 aromatic rings. The molecular weight excluding hydrogens is 174 g/mol. The third-order valence-corrected chi connectivity index (χ3v) is 3.14. The lowest BCUT2D eigenvalue weighted by atomic mass is 9.99. The monoisotopic (exact) mass is 199 g/mol. The Morgan fingerprint density at radius 2 is 2.07 bits per heavy atom.